The first kappa shape index (κ1) is 31.9. The zero-order valence-corrected chi connectivity index (χ0v) is 26.4. The summed E-state index contributed by atoms with van der Waals surface area (Å²) in [5.41, 5.74) is 2.09. The maximum atomic E-state index is 13.9. The summed E-state index contributed by atoms with van der Waals surface area (Å²) in [4.78, 5) is 27.6. The molecule has 2 aromatic carbocycles. The molecule has 2 aromatic rings. The van der Waals surface area contributed by atoms with E-state index in [4.69, 9.17) is 18.8 Å². The highest BCUT2D eigenvalue weighted by Crippen LogP contribution is 2.39. The Morgan fingerprint density at radius 2 is 1.64 bits per heavy atom. The lowest BCUT2D eigenvalue weighted by atomic mass is 9.73. The van der Waals surface area contributed by atoms with Gasteiger partial charge in [-0.05, 0) is 76.5 Å². The summed E-state index contributed by atoms with van der Waals surface area (Å²) in [7, 11) is 2.68. The van der Waals surface area contributed by atoms with Gasteiger partial charge in [0.05, 0.1) is 31.4 Å². The Kier molecular flexibility index (Phi) is 9.94. The fourth-order valence-corrected chi connectivity index (χ4v) is 5.84. The molecule has 1 heterocycles. The zero-order chi connectivity index (χ0) is 30.7. The van der Waals surface area contributed by atoms with Crippen LogP contribution in [-0.2, 0) is 38.2 Å². The summed E-state index contributed by atoms with van der Waals surface area (Å²) in [5, 5.41) is 6.31. The Hall–Kier alpha value is -3.04. The molecule has 1 fully saturated rings. The molecular weight excluding hydrogens is 531 g/mol. The number of ether oxygens (including phenoxy) is 2. The van der Waals surface area contributed by atoms with Crippen molar-refractivity contribution in [2.24, 2.45) is 11.8 Å². The standard InChI is InChI=1S/C33H47BN2O6/c1-21(2)18-28(34-41-32(3,4)33(5,6)42-34)36-31(38)26(19-22-12-10-9-11-13-22)35-30(37)24-14-16-25-23(20-24)15-17-27(39-7)29(25)40-8/h9-13,15,17,21,24,26,28H,14,16,18-20H2,1-8H3,(H,35,37)(H,36,38)/t24?,26-,28?/m0/s1. The van der Waals surface area contributed by atoms with E-state index in [1.165, 1.54) is 0 Å². The molecule has 9 heteroatoms. The number of nitrogens with one attached hydrogen (secondary N) is 2. The number of carbonyl (C=O) groups is 2. The van der Waals surface area contributed by atoms with Gasteiger partial charge in [0.2, 0.25) is 11.8 Å². The van der Waals surface area contributed by atoms with Crippen molar-refractivity contribution < 1.29 is 28.4 Å². The van der Waals surface area contributed by atoms with Crippen LogP contribution in [0, 0.1) is 11.8 Å². The van der Waals surface area contributed by atoms with Crippen molar-refractivity contribution in [1.29, 1.82) is 0 Å². The number of benzene rings is 2. The second-order valence-electron chi connectivity index (χ2n) is 13.0. The lowest BCUT2D eigenvalue weighted by Crippen LogP contribution is -2.56. The van der Waals surface area contributed by atoms with Crippen LogP contribution >= 0.6 is 0 Å². The van der Waals surface area contributed by atoms with Gasteiger partial charge in [0, 0.05) is 17.9 Å². The van der Waals surface area contributed by atoms with Crippen LogP contribution in [0.1, 0.15) is 71.1 Å². The molecule has 2 unspecified atom stereocenters. The minimum absolute atomic E-state index is 0.123. The average molecular weight is 579 g/mol. The van der Waals surface area contributed by atoms with E-state index in [0.29, 0.717) is 43.8 Å². The Morgan fingerprint density at radius 1 is 0.976 bits per heavy atom. The number of rotatable bonds is 11. The van der Waals surface area contributed by atoms with Crippen molar-refractivity contribution >= 4 is 18.9 Å². The van der Waals surface area contributed by atoms with Crippen LogP contribution in [0.25, 0.3) is 0 Å². The molecule has 2 N–H and O–H groups in total. The van der Waals surface area contributed by atoms with Crippen molar-refractivity contribution in [2.75, 3.05) is 14.2 Å². The smallest absolute Gasteiger partial charge is 0.481 e. The van der Waals surface area contributed by atoms with Gasteiger partial charge >= 0.3 is 7.12 Å². The number of fused-ring (bicyclic) bond motifs is 1. The van der Waals surface area contributed by atoms with Gasteiger partial charge in [-0.1, -0.05) is 50.2 Å². The summed E-state index contributed by atoms with van der Waals surface area (Å²) < 4.78 is 23.7. The van der Waals surface area contributed by atoms with Crippen LogP contribution in [0.15, 0.2) is 42.5 Å². The lowest BCUT2D eigenvalue weighted by molar-refractivity contribution is -0.131. The third-order valence-electron chi connectivity index (χ3n) is 8.89. The maximum absolute atomic E-state index is 13.9. The third-order valence-corrected chi connectivity index (χ3v) is 8.89. The first-order valence-electron chi connectivity index (χ1n) is 15.1. The predicted molar refractivity (Wildman–Crippen MR) is 165 cm³/mol. The number of hydrogen-bond acceptors (Lipinski definition) is 6. The minimum Gasteiger partial charge on any atom is -0.493 e. The number of carbonyl (C=O) groups excluding carboxylic acids is 2. The average Bonchev–Trinajstić information content (AvgIpc) is 3.17. The van der Waals surface area contributed by atoms with E-state index in [0.717, 1.165) is 22.4 Å². The Bertz CT molecular complexity index is 1230. The first-order valence-corrected chi connectivity index (χ1v) is 15.1. The first-order chi connectivity index (χ1) is 19.8. The summed E-state index contributed by atoms with van der Waals surface area (Å²) in [6, 6.07) is 12.9. The van der Waals surface area contributed by atoms with E-state index in [1.54, 1.807) is 14.2 Å². The SMILES string of the molecule is COc1ccc2c(c1OC)CCC(C(=O)N[C@@H](Cc1ccccc1)C(=O)NC(CC(C)C)B1OC(C)(C)C(C)(C)O1)C2. The van der Waals surface area contributed by atoms with Gasteiger partial charge in [-0.15, -0.1) is 0 Å². The van der Waals surface area contributed by atoms with Gasteiger partial charge in [-0.25, -0.2) is 0 Å². The van der Waals surface area contributed by atoms with Crippen LogP contribution in [0.2, 0.25) is 0 Å². The Labute approximate surface area is 251 Å². The quantitative estimate of drug-likeness (QED) is 0.376. The van der Waals surface area contributed by atoms with Gasteiger partial charge in [0.15, 0.2) is 11.5 Å². The minimum atomic E-state index is -0.746. The maximum Gasteiger partial charge on any atom is 0.481 e. The molecule has 3 atom stereocenters. The zero-order valence-electron chi connectivity index (χ0n) is 26.4. The van der Waals surface area contributed by atoms with E-state index in [1.807, 2.05) is 70.2 Å². The third kappa shape index (κ3) is 7.12. The molecule has 42 heavy (non-hydrogen) atoms. The highest BCUT2D eigenvalue weighted by Gasteiger charge is 2.54. The topological polar surface area (TPSA) is 95.1 Å². The van der Waals surface area contributed by atoms with E-state index >= 15 is 0 Å². The largest absolute Gasteiger partial charge is 0.493 e. The van der Waals surface area contributed by atoms with Crippen LogP contribution in [0.4, 0.5) is 0 Å². The second kappa shape index (κ2) is 13.1. The Balaban J connectivity index is 1.52. The number of methoxy groups -OCH3 is 2. The monoisotopic (exact) mass is 578 g/mol. The molecule has 2 aliphatic rings. The fraction of sp³-hybridized carbons (Fsp3) is 0.576. The molecule has 4 rings (SSSR count). The van der Waals surface area contributed by atoms with Crippen molar-refractivity contribution in [3.8, 4) is 11.5 Å². The molecule has 0 spiro atoms. The van der Waals surface area contributed by atoms with Crippen molar-refractivity contribution in [3.63, 3.8) is 0 Å². The molecule has 1 aliphatic heterocycles. The van der Waals surface area contributed by atoms with Crippen LogP contribution in [0.3, 0.4) is 0 Å². The van der Waals surface area contributed by atoms with Gasteiger partial charge < -0.3 is 29.4 Å². The van der Waals surface area contributed by atoms with E-state index in [2.05, 4.69) is 24.5 Å². The molecule has 2 amide bonds. The summed E-state index contributed by atoms with van der Waals surface area (Å²) in [5.74, 6) is 0.742. The van der Waals surface area contributed by atoms with Gasteiger partial charge in [0.1, 0.15) is 6.04 Å². The molecule has 0 aromatic heterocycles. The highest BCUT2D eigenvalue weighted by atomic mass is 16.7. The summed E-state index contributed by atoms with van der Waals surface area (Å²) in [6.45, 7) is 12.3. The fourth-order valence-electron chi connectivity index (χ4n) is 5.84. The summed E-state index contributed by atoms with van der Waals surface area (Å²) in [6.07, 6.45) is 2.99. The molecule has 228 valence electrons. The molecule has 1 saturated heterocycles. The van der Waals surface area contributed by atoms with Crippen molar-refractivity contribution in [1.82, 2.24) is 10.6 Å². The Morgan fingerprint density at radius 3 is 2.24 bits per heavy atom. The molecule has 1 aliphatic carbocycles. The number of hydrogen-bond donors (Lipinski definition) is 2. The normalized spacial score (nSPS) is 20.4. The molecule has 0 bridgehead atoms. The molecule has 0 saturated carbocycles. The number of amides is 2. The molecule has 0 radical (unpaired) electrons. The van der Waals surface area contributed by atoms with Gasteiger partial charge in [-0.3, -0.25) is 9.59 Å². The van der Waals surface area contributed by atoms with Crippen LogP contribution in [-0.4, -0.2) is 56.3 Å². The second-order valence-corrected chi connectivity index (χ2v) is 13.0. The van der Waals surface area contributed by atoms with E-state index < -0.39 is 24.4 Å². The van der Waals surface area contributed by atoms with Crippen LogP contribution in [0.5, 0.6) is 11.5 Å². The van der Waals surface area contributed by atoms with Crippen LogP contribution < -0.4 is 20.1 Å². The molecule has 8 nitrogen and oxygen atoms in total. The van der Waals surface area contributed by atoms with E-state index in [9.17, 15) is 9.59 Å². The molecular formula is C33H47BN2O6. The van der Waals surface area contributed by atoms with Gasteiger partial charge in [0.25, 0.3) is 0 Å². The van der Waals surface area contributed by atoms with E-state index in [-0.39, 0.29) is 23.7 Å². The van der Waals surface area contributed by atoms with Gasteiger partial charge in [-0.2, -0.15) is 0 Å². The van der Waals surface area contributed by atoms with Crippen molar-refractivity contribution in [3.05, 3.63) is 59.2 Å². The van der Waals surface area contributed by atoms with Crippen molar-refractivity contribution in [2.45, 2.75) is 96.8 Å². The summed E-state index contributed by atoms with van der Waals surface area (Å²) >= 11 is 0. The lowest BCUT2D eigenvalue weighted by Gasteiger charge is -2.32. The highest BCUT2D eigenvalue weighted by molar-refractivity contribution is 6.48. The predicted octanol–water partition coefficient (Wildman–Crippen LogP) is 4.70.